The predicted octanol–water partition coefficient (Wildman–Crippen LogP) is 2.18. The van der Waals surface area contributed by atoms with Crippen LogP contribution < -0.4 is 0 Å². The highest BCUT2D eigenvalue weighted by Gasteiger charge is 2.18. The first-order valence-corrected chi connectivity index (χ1v) is 4.30. The van der Waals surface area contributed by atoms with E-state index in [0.29, 0.717) is 0 Å². The fraction of sp³-hybridized carbons (Fsp3) is 0.250. The van der Waals surface area contributed by atoms with Crippen molar-refractivity contribution in [3.63, 3.8) is 0 Å². The number of aromatic nitrogens is 2. The second-order valence-electron chi connectivity index (χ2n) is 2.59. The van der Waals surface area contributed by atoms with Gasteiger partial charge in [0.1, 0.15) is 5.69 Å². The number of hydrogen-bond acceptors (Lipinski definition) is 1. The van der Waals surface area contributed by atoms with Gasteiger partial charge in [-0.1, -0.05) is 0 Å². The summed E-state index contributed by atoms with van der Waals surface area (Å²) in [5.74, 6) is 0. The van der Waals surface area contributed by atoms with Crippen molar-refractivity contribution in [2.45, 2.75) is 6.92 Å². The fourth-order valence-corrected chi connectivity index (χ4v) is 1.89. The lowest BCUT2D eigenvalue weighted by Gasteiger charge is -1.94. The summed E-state index contributed by atoms with van der Waals surface area (Å²) in [6, 6.07) is 2.10. The van der Waals surface area contributed by atoms with Crippen LogP contribution in [0.5, 0.6) is 0 Å². The Morgan fingerprint density at radius 1 is 1.55 bits per heavy atom. The first-order valence-electron chi connectivity index (χ1n) is 3.48. The van der Waals surface area contributed by atoms with E-state index in [0.717, 1.165) is 10.7 Å². The molecule has 2 aliphatic rings. The molecule has 0 bridgehead atoms. The Kier molecular flexibility index (Phi) is 1.39. The maximum absolute atomic E-state index is 4.37. The van der Waals surface area contributed by atoms with Crippen molar-refractivity contribution in [3.8, 4) is 10.6 Å². The highest BCUT2D eigenvalue weighted by molar-refractivity contribution is 7.15. The molecule has 0 N–H and O–H groups in total. The maximum Gasteiger partial charge on any atom is 0.297 e. The SMILES string of the molecule is Cc1nc2cn(C)ccc-2[s+]1. The average Bonchev–Trinajstić information content (AvgIpc) is 2.27. The highest BCUT2D eigenvalue weighted by Crippen LogP contribution is 2.26. The molecule has 0 amide bonds. The summed E-state index contributed by atoms with van der Waals surface area (Å²) >= 11 is 1.74. The van der Waals surface area contributed by atoms with Gasteiger partial charge in [0, 0.05) is 32.4 Å². The van der Waals surface area contributed by atoms with Crippen LogP contribution in [0.25, 0.3) is 10.6 Å². The fourth-order valence-electron chi connectivity index (χ4n) is 1.09. The Bertz CT molecular complexity index is 353. The Hall–Kier alpha value is -0.960. The summed E-state index contributed by atoms with van der Waals surface area (Å²) in [6.07, 6.45) is 4.08. The molecule has 0 fully saturated rings. The maximum atomic E-state index is 4.37. The second kappa shape index (κ2) is 2.27. The smallest absolute Gasteiger partial charge is 0.297 e. The van der Waals surface area contributed by atoms with Crippen LogP contribution in [-0.2, 0) is 7.05 Å². The predicted molar refractivity (Wildman–Crippen MR) is 46.9 cm³/mol. The van der Waals surface area contributed by atoms with E-state index in [4.69, 9.17) is 0 Å². The van der Waals surface area contributed by atoms with Crippen LogP contribution in [-0.4, -0.2) is 9.55 Å². The normalized spacial score (nSPS) is 10.7. The molecule has 2 aliphatic heterocycles. The Labute approximate surface area is 69.5 Å². The van der Waals surface area contributed by atoms with Crippen molar-refractivity contribution in [1.82, 2.24) is 9.55 Å². The van der Waals surface area contributed by atoms with Crippen molar-refractivity contribution in [3.05, 3.63) is 23.5 Å². The standard InChI is InChI=1S/C8H9N2S/c1-6-9-7-5-10(2)4-3-8(7)11-6/h3-5H,1-2H3/q+1. The third-order valence-corrected chi connectivity index (χ3v) is 2.53. The quantitative estimate of drug-likeness (QED) is 0.547. The van der Waals surface area contributed by atoms with Crippen molar-refractivity contribution in [1.29, 1.82) is 0 Å². The molecule has 0 spiro atoms. The van der Waals surface area contributed by atoms with E-state index in [2.05, 4.69) is 11.1 Å². The van der Waals surface area contributed by atoms with Crippen LogP contribution in [0.1, 0.15) is 5.01 Å². The topological polar surface area (TPSA) is 17.8 Å². The minimum atomic E-state index is 1.09. The lowest BCUT2D eigenvalue weighted by atomic mass is 10.3. The monoisotopic (exact) mass is 165 g/mol. The van der Waals surface area contributed by atoms with Gasteiger partial charge < -0.3 is 4.57 Å². The Morgan fingerprint density at radius 3 is 3.18 bits per heavy atom. The molecule has 0 saturated heterocycles. The summed E-state index contributed by atoms with van der Waals surface area (Å²) in [6.45, 7) is 2.03. The molecule has 0 atom stereocenters. The molecule has 0 aromatic carbocycles. The number of fused-ring (bicyclic) bond motifs is 1. The minimum Gasteiger partial charge on any atom is -0.355 e. The lowest BCUT2D eigenvalue weighted by Crippen LogP contribution is -1.89. The van der Waals surface area contributed by atoms with Crippen LogP contribution >= 0.6 is 11.3 Å². The molecule has 0 radical (unpaired) electrons. The van der Waals surface area contributed by atoms with Gasteiger partial charge in [0.15, 0.2) is 0 Å². The first-order chi connectivity index (χ1) is 5.25. The Morgan fingerprint density at radius 2 is 2.36 bits per heavy atom. The van der Waals surface area contributed by atoms with Gasteiger partial charge in [0.25, 0.3) is 9.88 Å². The number of aryl methyl sites for hydroxylation is 2. The van der Waals surface area contributed by atoms with Gasteiger partial charge in [-0.05, 0) is 0 Å². The number of hydrogen-bond donors (Lipinski definition) is 0. The second-order valence-corrected chi connectivity index (χ2v) is 3.83. The van der Waals surface area contributed by atoms with E-state index in [1.54, 1.807) is 11.3 Å². The largest absolute Gasteiger partial charge is 0.355 e. The van der Waals surface area contributed by atoms with Crippen LogP contribution in [0.4, 0.5) is 0 Å². The van der Waals surface area contributed by atoms with E-state index in [1.807, 2.05) is 30.9 Å². The first kappa shape index (κ1) is 6.73. The number of rotatable bonds is 0. The average molecular weight is 165 g/mol. The zero-order valence-electron chi connectivity index (χ0n) is 6.53. The molecule has 56 valence electrons. The molecule has 11 heavy (non-hydrogen) atoms. The third-order valence-electron chi connectivity index (χ3n) is 1.57. The summed E-state index contributed by atoms with van der Waals surface area (Å²) in [4.78, 5) is 5.64. The van der Waals surface area contributed by atoms with Gasteiger partial charge in [-0.25, -0.2) is 0 Å². The summed E-state index contributed by atoms with van der Waals surface area (Å²) in [5.41, 5.74) is 1.09. The van der Waals surface area contributed by atoms with Gasteiger partial charge in [-0.3, -0.25) is 0 Å². The molecule has 2 heterocycles. The van der Waals surface area contributed by atoms with Gasteiger partial charge in [-0.2, -0.15) is 4.98 Å². The van der Waals surface area contributed by atoms with Gasteiger partial charge in [0.2, 0.25) is 11.3 Å². The van der Waals surface area contributed by atoms with Crippen molar-refractivity contribution in [2.75, 3.05) is 0 Å². The lowest BCUT2D eigenvalue weighted by molar-refractivity contribution is 0.901. The van der Waals surface area contributed by atoms with Crippen LogP contribution in [0.2, 0.25) is 0 Å². The van der Waals surface area contributed by atoms with Crippen LogP contribution in [0, 0.1) is 6.92 Å². The molecule has 3 heteroatoms. The van der Waals surface area contributed by atoms with Gasteiger partial charge in [-0.15, -0.1) is 0 Å². The summed E-state index contributed by atoms with van der Waals surface area (Å²) in [5, 5.41) is 1.13. The molecular weight excluding hydrogens is 156 g/mol. The zero-order chi connectivity index (χ0) is 7.84. The molecule has 0 saturated carbocycles. The van der Waals surface area contributed by atoms with Crippen molar-refractivity contribution < 1.29 is 0 Å². The van der Waals surface area contributed by atoms with E-state index in [1.165, 1.54) is 4.88 Å². The van der Waals surface area contributed by atoms with Gasteiger partial charge >= 0.3 is 0 Å². The van der Waals surface area contributed by atoms with E-state index < -0.39 is 0 Å². The molecule has 0 aromatic rings. The summed E-state index contributed by atoms with van der Waals surface area (Å²) < 4.78 is 2.02. The summed E-state index contributed by atoms with van der Waals surface area (Å²) in [7, 11) is 2.01. The zero-order valence-corrected chi connectivity index (χ0v) is 7.35. The third kappa shape index (κ3) is 1.12. The van der Waals surface area contributed by atoms with E-state index in [9.17, 15) is 0 Å². The number of pyridine rings is 1. The van der Waals surface area contributed by atoms with E-state index >= 15 is 0 Å². The molecule has 2 nitrogen and oxygen atoms in total. The van der Waals surface area contributed by atoms with Crippen LogP contribution in [0.15, 0.2) is 18.5 Å². The van der Waals surface area contributed by atoms with Crippen molar-refractivity contribution in [2.24, 2.45) is 7.05 Å². The number of thiazole rings is 1. The minimum absolute atomic E-state index is 1.09. The van der Waals surface area contributed by atoms with Crippen molar-refractivity contribution >= 4 is 11.3 Å². The van der Waals surface area contributed by atoms with E-state index in [-0.39, 0.29) is 0 Å². The highest BCUT2D eigenvalue weighted by atomic mass is 32.1. The molecule has 0 aromatic heterocycles. The molecule has 2 rings (SSSR count). The molecular formula is C8H9N2S+. The molecule has 0 unspecified atom stereocenters. The number of nitrogens with zero attached hydrogens (tertiary/aromatic N) is 2. The van der Waals surface area contributed by atoms with Gasteiger partial charge in [0.05, 0.1) is 0 Å². The Balaban J connectivity index is 2.73. The van der Waals surface area contributed by atoms with Crippen LogP contribution in [0.3, 0.4) is 0 Å². The molecule has 0 aliphatic carbocycles.